The summed E-state index contributed by atoms with van der Waals surface area (Å²) in [5.74, 6) is 1.66. The fourth-order valence-electron chi connectivity index (χ4n) is 3.44. The number of hydrogen-bond donors (Lipinski definition) is 0. The number of likely N-dealkylation sites (tertiary alicyclic amines) is 1. The lowest BCUT2D eigenvalue weighted by atomic mass is 10.1. The summed E-state index contributed by atoms with van der Waals surface area (Å²) in [7, 11) is 0. The Hall–Kier alpha value is -1.26. The van der Waals surface area contributed by atoms with E-state index in [4.69, 9.17) is 14.2 Å². The number of piperidine rings is 1. The minimum Gasteiger partial charge on any atom is -0.486 e. The maximum atomic E-state index is 5.89. The van der Waals surface area contributed by atoms with Gasteiger partial charge in [-0.3, -0.25) is 0 Å². The molecule has 0 bridgehead atoms. The predicted molar refractivity (Wildman–Crippen MR) is 95.9 cm³/mol. The molecule has 0 aliphatic carbocycles. The van der Waals surface area contributed by atoms with Gasteiger partial charge in [0.05, 0.1) is 6.61 Å². The van der Waals surface area contributed by atoms with Crippen molar-refractivity contribution in [2.24, 2.45) is 0 Å². The zero-order valence-electron chi connectivity index (χ0n) is 14.8. The van der Waals surface area contributed by atoms with Gasteiger partial charge in [-0.05, 0) is 57.5 Å². The van der Waals surface area contributed by atoms with Gasteiger partial charge < -0.3 is 19.1 Å². The zero-order chi connectivity index (χ0) is 16.5. The fraction of sp³-hybridized carbons (Fsp3) is 0.700. The van der Waals surface area contributed by atoms with Crippen molar-refractivity contribution in [1.82, 2.24) is 4.90 Å². The second-order valence-electron chi connectivity index (χ2n) is 6.89. The first-order chi connectivity index (χ1) is 11.9. The second-order valence-corrected chi connectivity index (χ2v) is 6.89. The van der Waals surface area contributed by atoms with E-state index in [0.29, 0.717) is 13.2 Å². The molecule has 0 spiro atoms. The van der Waals surface area contributed by atoms with Crippen LogP contribution in [0, 0.1) is 0 Å². The predicted octanol–water partition coefficient (Wildman–Crippen LogP) is 3.89. The third kappa shape index (κ3) is 5.67. The average molecular weight is 333 g/mol. The maximum Gasteiger partial charge on any atom is 0.161 e. The second kappa shape index (κ2) is 9.90. The molecule has 2 aliphatic heterocycles. The van der Waals surface area contributed by atoms with Crippen LogP contribution in [-0.4, -0.2) is 50.5 Å². The minimum absolute atomic E-state index is 0.0130. The third-order valence-corrected chi connectivity index (χ3v) is 4.83. The highest BCUT2D eigenvalue weighted by atomic mass is 16.6. The summed E-state index contributed by atoms with van der Waals surface area (Å²) in [5.41, 5.74) is 0. The van der Waals surface area contributed by atoms with Crippen LogP contribution in [0.4, 0.5) is 0 Å². The van der Waals surface area contributed by atoms with Gasteiger partial charge in [-0.1, -0.05) is 31.4 Å². The molecular formula is C20H31NO3. The molecule has 4 heteroatoms. The van der Waals surface area contributed by atoms with Gasteiger partial charge in [0.2, 0.25) is 0 Å². The summed E-state index contributed by atoms with van der Waals surface area (Å²) in [5, 5.41) is 0. The van der Waals surface area contributed by atoms with Gasteiger partial charge in [0.25, 0.3) is 0 Å². The van der Waals surface area contributed by atoms with E-state index in [1.54, 1.807) is 0 Å². The molecular weight excluding hydrogens is 302 g/mol. The van der Waals surface area contributed by atoms with E-state index in [2.05, 4.69) is 4.90 Å². The lowest BCUT2D eigenvalue weighted by molar-refractivity contribution is 0.00776. The van der Waals surface area contributed by atoms with E-state index in [1.165, 1.54) is 58.2 Å². The Bertz CT molecular complexity index is 474. The van der Waals surface area contributed by atoms with Crippen LogP contribution in [0.5, 0.6) is 11.5 Å². The molecule has 1 atom stereocenters. The maximum absolute atomic E-state index is 5.89. The van der Waals surface area contributed by atoms with Gasteiger partial charge in [-0.25, -0.2) is 0 Å². The molecule has 3 rings (SSSR count). The van der Waals surface area contributed by atoms with E-state index in [-0.39, 0.29) is 6.10 Å². The summed E-state index contributed by atoms with van der Waals surface area (Å²) in [4.78, 5) is 2.62. The van der Waals surface area contributed by atoms with Crippen LogP contribution in [-0.2, 0) is 4.74 Å². The molecule has 1 saturated heterocycles. The van der Waals surface area contributed by atoms with Crippen LogP contribution in [0.25, 0.3) is 0 Å². The standard InChI is InChI=1S/C20H31NO3/c1(6-12-21-13-7-3-8-14-21)2-9-15-22-16-18-17-23-19-10-4-5-11-20(19)24-18/h4-5,10-11,18H,1-3,6-9,12-17H2. The van der Waals surface area contributed by atoms with Crippen LogP contribution >= 0.6 is 0 Å². The first-order valence-corrected chi connectivity index (χ1v) is 9.60. The summed E-state index contributed by atoms with van der Waals surface area (Å²) in [6.45, 7) is 5.93. The largest absolute Gasteiger partial charge is 0.486 e. The van der Waals surface area contributed by atoms with Crippen LogP contribution in [0.3, 0.4) is 0 Å². The zero-order valence-corrected chi connectivity index (χ0v) is 14.8. The minimum atomic E-state index is 0.0130. The number of benzene rings is 1. The van der Waals surface area contributed by atoms with Crippen molar-refractivity contribution < 1.29 is 14.2 Å². The smallest absolute Gasteiger partial charge is 0.161 e. The molecule has 24 heavy (non-hydrogen) atoms. The average Bonchev–Trinajstić information content (AvgIpc) is 2.64. The molecule has 1 aromatic carbocycles. The SMILES string of the molecule is c1ccc2c(c1)OCC(COCCCCCCN1CCCCC1)O2. The fourth-order valence-corrected chi connectivity index (χ4v) is 3.44. The Balaban J connectivity index is 1.17. The highest BCUT2D eigenvalue weighted by molar-refractivity contribution is 5.40. The first kappa shape index (κ1) is 17.6. The number of hydrogen-bond acceptors (Lipinski definition) is 4. The van der Waals surface area contributed by atoms with E-state index >= 15 is 0 Å². The van der Waals surface area contributed by atoms with Gasteiger partial charge in [-0.15, -0.1) is 0 Å². The highest BCUT2D eigenvalue weighted by Gasteiger charge is 2.20. The number of para-hydroxylation sites is 2. The quantitative estimate of drug-likeness (QED) is 0.642. The molecule has 1 unspecified atom stereocenters. The van der Waals surface area contributed by atoms with E-state index in [9.17, 15) is 0 Å². The van der Waals surface area contributed by atoms with Gasteiger partial charge in [0, 0.05) is 6.61 Å². The van der Waals surface area contributed by atoms with Crippen LogP contribution in [0.15, 0.2) is 24.3 Å². The molecule has 1 fully saturated rings. The van der Waals surface area contributed by atoms with Crippen LogP contribution < -0.4 is 9.47 Å². The molecule has 0 aromatic heterocycles. The summed E-state index contributed by atoms with van der Waals surface area (Å²) in [6, 6.07) is 7.82. The van der Waals surface area contributed by atoms with Gasteiger partial charge in [-0.2, -0.15) is 0 Å². The molecule has 0 radical (unpaired) electrons. The Morgan fingerprint density at radius 1 is 0.958 bits per heavy atom. The molecule has 0 N–H and O–H groups in total. The normalized spacial score (nSPS) is 20.9. The van der Waals surface area contributed by atoms with Crippen molar-refractivity contribution in [3.8, 4) is 11.5 Å². The first-order valence-electron chi connectivity index (χ1n) is 9.60. The summed E-state index contributed by atoms with van der Waals surface area (Å²) < 4.78 is 17.4. The third-order valence-electron chi connectivity index (χ3n) is 4.83. The number of rotatable bonds is 9. The summed E-state index contributed by atoms with van der Waals surface area (Å²) >= 11 is 0. The molecule has 4 nitrogen and oxygen atoms in total. The van der Waals surface area contributed by atoms with Crippen molar-refractivity contribution in [2.45, 2.75) is 51.0 Å². The van der Waals surface area contributed by atoms with Gasteiger partial charge in [0.15, 0.2) is 17.6 Å². The van der Waals surface area contributed by atoms with Crippen LogP contribution in [0.2, 0.25) is 0 Å². The molecule has 0 amide bonds. The van der Waals surface area contributed by atoms with E-state index in [1.807, 2.05) is 24.3 Å². The Morgan fingerprint density at radius 3 is 2.62 bits per heavy atom. The molecule has 134 valence electrons. The number of nitrogens with zero attached hydrogens (tertiary/aromatic N) is 1. The molecule has 1 aromatic rings. The van der Waals surface area contributed by atoms with Gasteiger partial charge in [0.1, 0.15) is 6.61 Å². The van der Waals surface area contributed by atoms with Crippen molar-refractivity contribution >= 4 is 0 Å². The topological polar surface area (TPSA) is 30.9 Å². The van der Waals surface area contributed by atoms with Crippen molar-refractivity contribution in [1.29, 1.82) is 0 Å². The highest BCUT2D eigenvalue weighted by Crippen LogP contribution is 2.30. The van der Waals surface area contributed by atoms with Crippen molar-refractivity contribution in [3.63, 3.8) is 0 Å². The van der Waals surface area contributed by atoms with Gasteiger partial charge >= 0.3 is 0 Å². The molecule has 2 aliphatic rings. The van der Waals surface area contributed by atoms with E-state index in [0.717, 1.165) is 24.5 Å². The Kier molecular flexibility index (Phi) is 7.24. The molecule has 0 saturated carbocycles. The Labute approximate surface area is 146 Å². The van der Waals surface area contributed by atoms with Crippen molar-refractivity contribution in [3.05, 3.63) is 24.3 Å². The monoisotopic (exact) mass is 333 g/mol. The molecule has 2 heterocycles. The van der Waals surface area contributed by atoms with E-state index < -0.39 is 0 Å². The lowest BCUT2D eigenvalue weighted by Gasteiger charge is -2.26. The Morgan fingerprint density at radius 2 is 1.75 bits per heavy atom. The van der Waals surface area contributed by atoms with Crippen molar-refractivity contribution in [2.75, 3.05) is 39.5 Å². The number of ether oxygens (including phenoxy) is 3. The van der Waals surface area contributed by atoms with Crippen LogP contribution in [0.1, 0.15) is 44.9 Å². The number of unbranched alkanes of at least 4 members (excludes halogenated alkanes) is 3. The number of fused-ring (bicyclic) bond motifs is 1. The lowest BCUT2D eigenvalue weighted by Crippen LogP contribution is -2.33. The summed E-state index contributed by atoms with van der Waals surface area (Å²) in [6.07, 6.45) is 9.28.